The largest absolute Gasteiger partial charge is 0.485 e. The van der Waals surface area contributed by atoms with E-state index >= 15 is 0 Å². The highest BCUT2D eigenvalue weighted by Gasteiger charge is 2.14. The van der Waals surface area contributed by atoms with Crippen molar-refractivity contribution < 1.29 is 13.9 Å². The summed E-state index contributed by atoms with van der Waals surface area (Å²) in [5, 5.41) is 7.78. The first-order valence-electron chi connectivity index (χ1n) is 10.8. The molecular weight excluding hydrogens is 438 g/mol. The number of hydrogen-bond donors (Lipinski definition) is 1. The first-order valence-corrected chi connectivity index (χ1v) is 11.2. The molecule has 0 fully saturated rings. The van der Waals surface area contributed by atoms with E-state index in [9.17, 15) is 4.79 Å². The predicted molar refractivity (Wildman–Crippen MR) is 129 cm³/mol. The molecule has 0 aliphatic heterocycles. The number of aryl methyl sites for hydroxylation is 1. The van der Waals surface area contributed by atoms with Gasteiger partial charge in [0.15, 0.2) is 5.76 Å². The number of anilines is 1. The Labute approximate surface area is 198 Å². The fraction of sp³-hybridized carbons (Fsp3) is 0.231. The number of nitrogens with zero attached hydrogens (tertiary/aromatic N) is 2. The monoisotopic (exact) mass is 463 g/mol. The summed E-state index contributed by atoms with van der Waals surface area (Å²) in [6.07, 6.45) is 3.36. The Morgan fingerprint density at radius 3 is 2.82 bits per heavy atom. The second-order valence-corrected chi connectivity index (χ2v) is 8.70. The van der Waals surface area contributed by atoms with Crippen molar-refractivity contribution in [3.05, 3.63) is 100 Å². The minimum absolute atomic E-state index is 0.213. The first-order chi connectivity index (χ1) is 15.9. The molecule has 0 saturated heterocycles. The van der Waals surface area contributed by atoms with Crippen LogP contribution in [0, 0.1) is 6.92 Å². The maximum atomic E-state index is 12.6. The molecule has 0 aliphatic carbocycles. The van der Waals surface area contributed by atoms with Crippen molar-refractivity contribution in [3.8, 4) is 5.75 Å². The van der Waals surface area contributed by atoms with Gasteiger partial charge in [0.05, 0.1) is 18.4 Å². The average molecular weight is 464 g/mol. The van der Waals surface area contributed by atoms with Gasteiger partial charge in [-0.2, -0.15) is 5.10 Å². The van der Waals surface area contributed by atoms with Crippen LogP contribution >= 0.6 is 11.6 Å². The highest BCUT2D eigenvalue weighted by atomic mass is 35.5. The van der Waals surface area contributed by atoms with Crippen molar-refractivity contribution in [2.24, 2.45) is 0 Å². The van der Waals surface area contributed by atoms with Crippen LogP contribution in [0.3, 0.4) is 0 Å². The van der Waals surface area contributed by atoms with Crippen LogP contribution in [0.4, 0.5) is 5.69 Å². The van der Waals surface area contributed by atoms with E-state index in [4.69, 9.17) is 20.8 Å². The average Bonchev–Trinajstić information content (AvgIpc) is 3.42. The number of aromatic nitrogens is 2. The lowest BCUT2D eigenvalue weighted by atomic mass is 10.0. The van der Waals surface area contributed by atoms with Gasteiger partial charge >= 0.3 is 0 Å². The minimum Gasteiger partial charge on any atom is -0.485 e. The van der Waals surface area contributed by atoms with Gasteiger partial charge in [0.25, 0.3) is 5.91 Å². The van der Waals surface area contributed by atoms with E-state index in [2.05, 4.69) is 36.4 Å². The van der Waals surface area contributed by atoms with E-state index in [0.29, 0.717) is 28.9 Å². The van der Waals surface area contributed by atoms with E-state index in [1.54, 1.807) is 29.2 Å². The molecule has 0 saturated carbocycles. The third-order valence-electron chi connectivity index (χ3n) is 5.17. The van der Waals surface area contributed by atoms with Crippen LogP contribution in [0.2, 0.25) is 5.02 Å². The molecule has 2 heterocycles. The molecule has 0 radical (unpaired) electrons. The van der Waals surface area contributed by atoms with Crippen LogP contribution in [0.1, 0.15) is 52.8 Å². The van der Waals surface area contributed by atoms with Crippen molar-refractivity contribution >= 4 is 23.2 Å². The lowest BCUT2D eigenvalue weighted by Gasteiger charge is -2.14. The number of furan rings is 1. The fourth-order valence-electron chi connectivity index (χ4n) is 3.50. The number of hydrogen-bond acceptors (Lipinski definition) is 4. The van der Waals surface area contributed by atoms with Crippen LogP contribution in [0.15, 0.2) is 71.4 Å². The smallest absolute Gasteiger partial charge is 0.291 e. The number of carbonyl (C=O) groups excluding carboxylic acids is 1. The number of rotatable bonds is 8. The van der Waals surface area contributed by atoms with Crippen molar-refractivity contribution in [2.45, 2.75) is 39.8 Å². The molecule has 0 atom stereocenters. The molecule has 4 aromatic rings. The van der Waals surface area contributed by atoms with Gasteiger partial charge < -0.3 is 14.5 Å². The molecule has 7 heteroatoms. The normalized spacial score (nSPS) is 11.1. The first kappa shape index (κ1) is 22.7. The Kier molecular flexibility index (Phi) is 6.84. The van der Waals surface area contributed by atoms with Gasteiger partial charge in [-0.25, -0.2) is 0 Å². The Morgan fingerprint density at radius 1 is 1.18 bits per heavy atom. The van der Waals surface area contributed by atoms with E-state index < -0.39 is 0 Å². The minimum atomic E-state index is -0.345. The third kappa shape index (κ3) is 5.84. The van der Waals surface area contributed by atoms with Gasteiger partial charge in [-0.05, 0) is 59.9 Å². The highest BCUT2D eigenvalue weighted by Crippen LogP contribution is 2.28. The number of amides is 1. The summed E-state index contributed by atoms with van der Waals surface area (Å²) in [6.45, 7) is 7.08. The number of benzene rings is 2. The SMILES string of the molecule is Cc1ccc(C(C)C)c(OCc2ccc(C(=O)Nc3cnn(Cc4cccc(Cl)c4)c3)o2)c1. The van der Waals surface area contributed by atoms with E-state index in [-0.39, 0.29) is 18.3 Å². The zero-order valence-corrected chi connectivity index (χ0v) is 19.6. The quantitative estimate of drug-likeness (QED) is 0.326. The molecule has 170 valence electrons. The molecule has 33 heavy (non-hydrogen) atoms. The van der Waals surface area contributed by atoms with E-state index in [1.807, 2.05) is 37.3 Å². The highest BCUT2D eigenvalue weighted by molar-refractivity contribution is 6.30. The van der Waals surface area contributed by atoms with Crippen LogP contribution in [0.25, 0.3) is 0 Å². The number of carbonyl (C=O) groups is 1. The maximum absolute atomic E-state index is 12.6. The maximum Gasteiger partial charge on any atom is 0.291 e. The van der Waals surface area contributed by atoms with E-state index in [0.717, 1.165) is 22.4 Å². The molecule has 0 aliphatic rings. The van der Waals surface area contributed by atoms with Crippen LogP contribution < -0.4 is 10.1 Å². The summed E-state index contributed by atoms with van der Waals surface area (Å²) >= 11 is 6.03. The molecule has 4 rings (SSSR count). The summed E-state index contributed by atoms with van der Waals surface area (Å²) in [5.41, 5.74) is 3.87. The summed E-state index contributed by atoms with van der Waals surface area (Å²) in [4.78, 5) is 12.6. The summed E-state index contributed by atoms with van der Waals surface area (Å²) < 4.78 is 13.4. The van der Waals surface area contributed by atoms with Gasteiger partial charge in [0.1, 0.15) is 18.1 Å². The van der Waals surface area contributed by atoms with Crippen molar-refractivity contribution in [3.63, 3.8) is 0 Å². The molecule has 0 spiro atoms. The number of ether oxygens (including phenoxy) is 1. The fourth-order valence-corrected chi connectivity index (χ4v) is 3.71. The van der Waals surface area contributed by atoms with Crippen LogP contribution in [0.5, 0.6) is 5.75 Å². The van der Waals surface area contributed by atoms with Crippen molar-refractivity contribution in [2.75, 3.05) is 5.32 Å². The Bertz CT molecular complexity index is 1260. The summed E-state index contributed by atoms with van der Waals surface area (Å²) in [6, 6.07) is 17.2. The molecule has 2 aromatic heterocycles. The molecule has 0 bridgehead atoms. The second kappa shape index (κ2) is 9.96. The van der Waals surface area contributed by atoms with Gasteiger partial charge in [-0.3, -0.25) is 9.48 Å². The summed E-state index contributed by atoms with van der Waals surface area (Å²) in [5.74, 6) is 1.62. The predicted octanol–water partition coefficient (Wildman–Crippen LogP) is 6.44. The third-order valence-corrected chi connectivity index (χ3v) is 5.41. The van der Waals surface area contributed by atoms with E-state index in [1.165, 1.54) is 0 Å². The lowest BCUT2D eigenvalue weighted by Crippen LogP contribution is -2.10. The standard InChI is InChI=1S/C26H26ClN3O3/c1-17(2)23-9-7-18(3)11-25(23)32-16-22-8-10-24(33-22)26(31)29-21-13-28-30(15-21)14-19-5-4-6-20(27)12-19/h4-13,15,17H,14,16H2,1-3H3,(H,29,31). The molecule has 6 nitrogen and oxygen atoms in total. The van der Waals surface area contributed by atoms with Crippen LogP contribution in [-0.2, 0) is 13.2 Å². The zero-order valence-electron chi connectivity index (χ0n) is 18.8. The molecule has 0 unspecified atom stereocenters. The zero-order chi connectivity index (χ0) is 23.4. The Hall–Kier alpha value is -3.51. The molecule has 1 N–H and O–H groups in total. The summed E-state index contributed by atoms with van der Waals surface area (Å²) in [7, 11) is 0. The van der Waals surface area contributed by atoms with Gasteiger partial charge in [-0.1, -0.05) is 49.7 Å². The van der Waals surface area contributed by atoms with Crippen molar-refractivity contribution in [1.82, 2.24) is 9.78 Å². The molecule has 2 aromatic carbocycles. The Balaban J connectivity index is 1.36. The van der Waals surface area contributed by atoms with Gasteiger partial charge in [0.2, 0.25) is 0 Å². The van der Waals surface area contributed by atoms with Crippen LogP contribution in [-0.4, -0.2) is 15.7 Å². The second-order valence-electron chi connectivity index (χ2n) is 8.26. The van der Waals surface area contributed by atoms with Crippen molar-refractivity contribution in [1.29, 1.82) is 0 Å². The lowest BCUT2D eigenvalue weighted by molar-refractivity contribution is 0.0992. The van der Waals surface area contributed by atoms with Gasteiger partial charge in [-0.15, -0.1) is 0 Å². The Morgan fingerprint density at radius 2 is 2.03 bits per heavy atom. The van der Waals surface area contributed by atoms with Gasteiger partial charge in [0, 0.05) is 11.2 Å². The topological polar surface area (TPSA) is 69.3 Å². The number of halogens is 1. The molecule has 1 amide bonds. The number of nitrogens with one attached hydrogen (secondary N) is 1. The molecular formula is C26H26ClN3O3.